The summed E-state index contributed by atoms with van der Waals surface area (Å²) >= 11 is 1.82. The molecule has 3 aliphatic heterocycles. The predicted octanol–water partition coefficient (Wildman–Crippen LogP) is 1.83. The topological polar surface area (TPSA) is 35.6 Å². The number of rotatable bonds is 1. The second-order valence-corrected chi connectivity index (χ2v) is 8.54. The Morgan fingerprint density at radius 3 is 2.91 bits per heavy atom. The quantitative estimate of drug-likeness (QED) is 0.852. The first-order valence-corrected chi connectivity index (χ1v) is 9.65. The first-order valence-electron chi connectivity index (χ1n) is 8.50. The molecule has 5 heteroatoms. The molecular formula is C18H25N3OS. The van der Waals surface area contributed by atoms with Crippen molar-refractivity contribution in [3.63, 3.8) is 0 Å². The van der Waals surface area contributed by atoms with Crippen LogP contribution in [-0.4, -0.2) is 59.6 Å². The Labute approximate surface area is 142 Å². The summed E-state index contributed by atoms with van der Waals surface area (Å²) in [5, 5.41) is 3.32. The number of fused-ring (bicyclic) bond motifs is 3. The summed E-state index contributed by atoms with van der Waals surface area (Å²) < 4.78 is 0. The maximum absolute atomic E-state index is 12.7. The van der Waals surface area contributed by atoms with Crippen molar-refractivity contribution in [3.05, 3.63) is 35.4 Å². The van der Waals surface area contributed by atoms with E-state index in [4.69, 9.17) is 0 Å². The molecule has 23 heavy (non-hydrogen) atoms. The van der Waals surface area contributed by atoms with Crippen LogP contribution in [0.25, 0.3) is 0 Å². The number of nitrogens with one attached hydrogen (secondary N) is 1. The van der Waals surface area contributed by atoms with Crippen LogP contribution in [0.3, 0.4) is 0 Å². The highest BCUT2D eigenvalue weighted by atomic mass is 32.2. The zero-order valence-electron chi connectivity index (χ0n) is 13.9. The third kappa shape index (κ3) is 2.69. The lowest BCUT2D eigenvalue weighted by molar-refractivity contribution is -0.136. The van der Waals surface area contributed by atoms with E-state index >= 15 is 0 Å². The number of hydrogen-bond acceptors (Lipinski definition) is 4. The molecule has 1 aromatic rings. The van der Waals surface area contributed by atoms with Gasteiger partial charge in [-0.2, -0.15) is 0 Å². The molecular weight excluding hydrogens is 306 g/mol. The molecule has 1 amide bonds. The Balaban J connectivity index is 1.59. The van der Waals surface area contributed by atoms with Crippen LogP contribution in [0.1, 0.15) is 31.0 Å². The third-order valence-electron chi connectivity index (χ3n) is 5.46. The van der Waals surface area contributed by atoms with E-state index in [1.165, 1.54) is 11.1 Å². The summed E-state index contributed by atoms with van der Waals surface area (Å²) in [6, 6.07) is 9.16. The molecule has 0 saturated carbocycles. The molecule has 1 N–H and O–H groups in total. The van der Waals surface area contributed by atoms with E-state index in [9.17, 15) is 4.79 Å². The second kappa shape index (κ2) is 5.80. The Morgan fingerprint density at radius 1 is 1.30 bits per heavy atom. The number of nitrogens with zero attached hydrogens (tertiary/aromatic N) is 2. The lowest BCUT2D eigenvalue weighted by Gasteiger charge is -2.50. The van der Waals surface area contributed by atoms with Crippen molar-refractivity contribution in [1.82, 2.24) is 15.1 Å². The fourth-order valence-corrected chi connectivity index (χ4v) is 5.21. The van der Waals surface area contributed by atoms with Crippen LogP contribution in [0.5, 0.6) is 0 Å². The second-order valence-electron chi connectivity index (χ2n) is 7.51. The maximum Gasteiger partial charge on any atom is 0.240 e. The summed E-state index contributed by atoms with van der Waals surface area (Å²) in [7, 11) is 0. The van der Waals surface area contributed by atoms with Gasteiger partial charge in [-0.25, -0.2) is 0 Å². The summed E-state index contributed by atoms with van der Waals surface area (Å²) in [4.78, 5) is 17.4. The highest BCUT2D eigenvalue weighted by Gasteiger charge is 2.41. The summed E-state index contributed by atoms with van der Waals surface area (Å²) in [5.41, 5.74) is 3.04. The molecule has 1 aromatic carbocycles. The lowest BCUT2D eigenvalue weighted by atomic mass is 9.75. The maximum atomic E-state index is 12.7. The van der Waals surface area contributed by atoms with Crippen LogP contribution in [0.4, 0.5) is 0 Å². The molecule has 0 bridgehead atoms. The Bertz CT molecular complexity index is 612. The van der Waals surface area contributed by atoms with Gasteiger partial charge in [-0.15, -0.1) is 11.8 Å². The van der Waals surface area contributed by atoms with Crippen LogP contribution in [0.15, 0.2) is 24.3 Å². The van der Waals surface area contributed by atoms with Crippen molar-refractivity contribution in [2.45, 2.75) is 31.3 Å². The van der Waals surface area contributed by atoms with Crippen LogP contribution in [-0.2, 0) is 10.2 Å². The van der Waals surface area contributed by atoms with Crippen molar-refractivity contribution in [3.8, 4) is 0 Å². The normalized spacial score (nSPS) is 29.9. The van der Waals surface area contributed by atoms with E-state index in [1.54, 1.807) is 0 Å². The standard InChI is InChI=1S/C18H25N3OS/c1-18(2)11-21-8-7-20(17(22)15-10-23-12-19-15)9-16(21)13-5-3-4-6-14(13)18/h3-6,15-16,19H,7-12H2,1-2H3. The summed E-state index contributed by atoms with van der Waals surface area (Å²) in [6.07, 6.45) is 0. The van der Waals surface area contributed by atoms with Gasteiger partial charge in [0.2, 0.25) is 5.91 Å². The van der Waals surface area contributed by atoms with Gasteiger partial charge in [-0.05, 0) is 11.1 Å². The SMILES string of the molecule is CC1(C)CN2CCN(C(=O)C3CSCN3)CC2c2ccccc21. The van der Waals surface area contributed by atoms with E-state index in [1.807, 2.05) is 11.8 Å². The molecule has 2 saturated heterocycles. The van der Waals surface area contributed by atoms with Gasteiger partial charge in [0.1, 0.15) is 0 Å². The largest absolute Gasteiger partial charge is 0.338 e. The van der Waals surface area contributed by atoms with E-state index in [-0.39, 0.29) is 17.4 Å². The van der Waals surface area contributed by atoms with Gasteiger partial charge in [0.15, 0.2) is 0 Å². The van der Waals surface area contributed by atoms with Gasteiger partial charge >= 0.3 is 0 Å². The number of hydrogen-bond donors (Lipinski definition) is 1. The minimum absolute atomic E-state index is 0.0156. The van der Waals surface area contributed by atoms with E-state index in [0.29, 0.717) is 6.04 Å². The van der Waals surface area contributed by atoms with E-state index < -0.39 is 0 Å². The number of carbonyl (C=O) groups excluding carboxylic acids is 1. The van der Waals surface area contributed by atoms with Gasteiger partial charge in [-0.1, -0.05) is 38.1 Å². The predicted molar refractivity (Wildman–Crippen MR) is 94.6 cm³/mol. The van der Waals surface area contributed by atoms with Crippen molar-refractivity contribution < 1.29 is 4.79 Å². The average molecular weight is 331 g/mol. The monoisotopic (exact) mass is 331 g/mol. The molecule has 3 heterocycles. The number of carbonyl (C=O) groups is 1. The number of benzene rings is 1. The smallest absolute Gasteiger partial charge is 0.240 e. The van der Waals surface area contributed by atoms with Gasteiger partial charge in [0.25, 0.3) is 0 Å². The summed E-state index contributed by atoms with van der Waals surface area (Å²) in [6.45, 7) is 8.41. The molecule has 0 aliphatic carbocycles. The Morgan fingerprint density at radius 2 is 2.13 bits per heavy atom. The van der Waals surface area contributed by atoms with Crippen molar-refractivity contribution in [2.75, 3.05) is 37.8 Å². The number of thioether (sulfide) groups is 1. The molecule has 3 aliphatic rings. The summed E-state index contributed by atoms with van der Waals surface area (Å²) in [5.74, 6) is 2.10. The fourth-order valence-electron chi connectivity index (χ4n) is 4.28. The Hall–Kier alpha value is -1.04. The molecule has 124 valence electrons. The molecule has 2 fully saturated rings. The third-order valence-corrected chi connectivity index (χ3v) is 6.40. The number of piperazine rings is 1. The first kappa shape index (κ1) is 15.5. The van der Waals surface area contributed by atoms with Crippen LogP contribution in [0, 0.1) is 0 Å². The van der Waals surface area contributed by atoms with E-state index in [0.717, 1.165) is 37.8 Å². The van der Waals surface area contributed by atoms with Crippen LogP contribution in [0.2, 0.25) is 0 Å². The van der Waals surface area contributed by atoms with Crippen molar-refractivity contribution >= 4 is 17.7 Å². The van der Waals surface area contributed by atoms with Gasteiger partial charge in [-0.3, -0.25) is 15.0 Å². The number of amides is 1. The first-order chi connectivity index (χ1) is 11.1. The van der Waals surface area contributed by atoms with Gasteiger partial charge < -0.3 is 4.90 Å². The minimum Gasteiger partial charge on any atom is -0.338 e. The van der Waals surface area contributed by atoms with Crippen LogP contribution >= 0.6 is 11.8 Å². The molecule has 0 spiro atoms. The highest BCUT2D eigenvalue weighted by molar-refractivity contribution is 7.99. The van der Waals surface area contributed by atoms with Crippen molar-refractivity contribution in [1.29, 1.82) is 0 Å². The Kier molecular flexibility index (Phi) is 3.90. The minimum atomic E-state index is 0.0156. The molecule has 4 nitrogen and oxygen atoms in total. The molecule has 0 radical (unpaired) electrons. The highest BCUT2D eigenvalue weighted by Crippen LogP contribution is 2.41. The average Bonchev–Trinajstić information content (AvgIpc) is 3.08. The van der Waals surface area contributed by atoms with Gasteiger partial charge in [0, 0.05) is 43.2 Å². The molecule has 0 aromatic heterocycles. The molecule has 4 rings (SSSR count). The lowest BCUT2D eigenvalue weighted by Crippen LogP contribution is -2.58. The zero-order chi connectivity index (χ0) is 16.0. The van der Waals surface area contributed by atoms with Crippen LogP contribution < -0.4 is 5.32 Å². The molecule has 2 atom stereocenters. The fraction of sp³-hybridized carbons (Fsp3) is 0.611. The van der Waals surface area contributed by atoms with Gasteiger partial charge in [0.05, 0.1) is 12.1 Å². The zero-order valence-corrected chi connectivity index (χ0v) is 14.7. The van der Waals surface area contributed by atoms with Crippen molar-refractivity contribution in [2.24, 2.45) is 0 Å². The molecule has 2 unspecified atom stereocenters. The van der Waals surface area contributed by atoms with E-state index in [2.05, 4.69) is 53.2 Å².